The van der Waals surface area contributed by atoms with Crippen molar-refractivity contribution in [3.63, 3.8) is 0 Å². The number of hydrogen-bond acceptors (Lipinski definition) is 2. The molecule has 1 aliphatic carbocycles. The van der Waals surface area contributed by atoms with E-state index in [0.29, 0.717) is 17.9 Å². The van der Waals surface area contributed by atoms with E-state index in [-0.39, 0.29) is 0 Å². The zero-order valence-corrected chi connectivity index (χ0v) is 10.4. The highest BCUT2D eigenvalue weighted by Gasteiger charge is 2.30. The highest BCUT2D eigenvalue weighted by molar-refractivity contribution is 5.79. The van der Waals surface area contributed by atoms with Crippen LogP contribution in [0, 0.1) is 5.92 Å². The number of nitrogens with zero attached hydrogens (tertiary/aromatic N) is 1. The van der Waals surface area contributed by atoms with E-state index in [1.807, 2.05) is 7.05 Å². The molecule has 1 amide bonds. The van der Waals surface area contributed by atoms with Crippen LogP contribution in [-0.2, 0) is 4.79 Å². The number of carbonyl (C=O) groups excluding carboxylic acids is 1. The number of rotatable bonds is 2. The first-order chi connectivity index (χ1) is 7.81. The number of carbonyl (C=O) groups is 1. The molecule has 3 nitrogen and oxygen atoms in total. The summed E-state index contributed by atoms with van der Waals surface area (Å²) in [7, 11) is 1.99. The second kappa shape index (κ2) is 5.67. The Kier molecular flexibility index (Phi) is 4.22. The van der Waals surface area contributed by atoms with Crippen LogP contribution < -0.4 is 5.32 Å². The van der Waals surface area contributed by atoms with E-state index in [1.54, 1.807) is 0 Å². The number of nitrogens with one attached hydrogen (secondary N) is 1. The Bertz CT molecular complexity index is 234. The van der Waals surface area contributed by atoms with Gasteiger partial charge in [-0.1, -0.05) is 25.7 Å². The predicted octanol–water partition coefficient (Wildman–Crippen LogP) is 1.78. The molecule has 1 heterocycles. The van der Waals surface area contributed by atoms with Crippen LogP contribution in [0.3, 0.4) is 0 Å². The third kappa shape index (κ3) is 2.76. The van der Waals surface area contributed by atoms with Gasteiger partial charge >= 0.3 is 0 Å². The van der Waals surface area contributed by atoms with Crippen molar-refractivity contribution in [2.45, 2.75) is 51.0 Å². The van der Waals surface area contributed by atoms with E-state index in [1.165, 1.54) is 25.7 Å². The summed E-state index contributed by atoms with van der Waals surface area (Å²) in [4.78, 5) is 14.4. The summed E-state index contributed by atoms with van der Waals surface area (Å²) in [5.41, 5.74) is 0. The van der Waals surface area contributed by atoms with Crippen LogP contribution in [0.15, 0.2) is 0 Å². The first-order valence-corrected chi connectivity index (χ1v) is 6.77. The van der Waals surface area contributed by atoms with Gasteiger partial charge in [-0.15, -0.1) is 0 Å². The number of likely N-dealkylation sites (N-methyl/N-ethyl adjacent to an activating group) is 1. The van der Waals surface area contributed by atoms with Crippen molar-refractivity contribution < 1.29 is 4.79 Å². The van der Waals surface area contributed by atoms with Crippen LogP contribution >= 0.6 is 0 Å². The van der Waals surface area contributed by atoms with Crippen LogP contribution in [0.25, 0.3) is 0 Å². The molecule has 16 heavy (non-hydrogen) atoms. The Morgan fingerprint density at radius 1 is 1.12 bits per heavy atom. The maximum absolute atomic E-state index is 12.3. The van der Waals surface area contributed by atoms with Crippen LogP contribution in [0.5, 0.6) is 0 Å². The minimum absolute atomic E-state index is 0.332. The normalized spacial score (nSPS) is 28.1. The standard InChI is InChI=1S/C13H24N2O/c1-14-12-8-9-15(10-12)13(16)11-6-4-2-3-5-7-11/h11-12,14H,2-10H2,1H3. The molecule has 1 unspecified atom stereocenters. The number of amides is 1. The molecule has 92 valence electrons. The molecule has 0 radical (unpaired) electrons. The van der Waals surface area contributed by atoms with Gasteiger partial charge in [0, 0.05) is 25.0 Å². The average molecular weight is 224 g/mol. The fourth-order valence-corrected chi connectivity index (χ4v) is 2.98. The van der Waals surface area contributed by atoms with E-state index in [4.69, 9.17) is 0 Å². The molecular formula is C13H24N2O. The monoisotopic (exact) mass is 224 g/mol. The van der Waals surface area contributed by atoms with Crippen LogP contribution in [-0.4, -0.2) is 37.0 Å². The van der Waals surface area contributed by atoms with Crippen molar-refractivity contribution in [2.24, 2.45) is 5.92 Å². The van der Waals surface area contributed by atoms with E-state index in [9.17, 15) is 4.79 Å². The average Bonchev–Trinajstić information content (AvgIpc) is 2.62. The third-order valence-electron chi connectivity index (χ3n) is 4.11. The molecular weight excluding hydrogens is 200 g/mol. The van der Waals surface area contributed by atoms with E-state index >= 15 is 0 Å². The molecule has 3 heteroatoms. The predicted molar refractivity (Wildman–Crippen MR) is 65.2 cm³/mol. The van der Waals surface area contributed by atoms with Crippen LogP contribution in [0.4, 0.5) is 0 Å². The number of hydrogen-bond donors (Lipinski definition) is 1. The Hall–Kier alpha value is -0.570. The molecule has 1 saturated carbocycles. The lowest BCUT2D eigenvalue weighted by Gasteiger charge is -2.22. The zero-order chi connectivity index (χ0) is 11.4. The molecule has 2 rings (SSSR count). The van der Waals surface area contributed by atoms with Gasteiger partial charge in [0.05, 0.1) is 0 Å². The molecule has 1 saturated heterocycles. The summed E-state index contributed by atoms with van der Waals surface area (Å²) < 4.78 is 0. The summed E-state index contributed by atoms with van der Waals surface area (Å²) in [6.45, 7) is 1.88. The van der Waals surface area contributed by atoms with Gasteiger partial charge in [0.2, 0.25) is 5.91 Å². The van der Waals surface area contributed by atoms with Gasteiger partial charge in [-0.2, -0.15) is 0 Å². The molecule has 1 N–H and O–H groups in total. The largest absolute Gasteiger partial charge is 0.341 e. The summed E-state index contributed by atoms with van der Waals surface area (Å²) in [5.74, 6) is 0.762. The SMILES string of the molecule is CNC1CCN(C(=O)C2CCCCCC2)C1. The summed E-state index contributed by atoms with van der Waals surface area (Å²) in [5, 5.41) is 3.27. The molecule has 2 fully saturated rings. The van der Waals surface area contributed by atoms with E-state index in [0.717, 1.165) is 32.4 Å². The maximum atomic E-state index is 12.3. The van der Waals surface area contributed by atoms with E-state index < -0.39 is 0 Å². The van der Waals surface area contributed by atoms with Crippen molar-refractivity contribution in [1.82, 2.24) is 10.2 Å². The van der Waals surface area contributed by atoms with Crippen molar-refractivity contribution in [2.75, 3.05) is 20.1 Å². The summed E-state index contributed by atoms with van der Waals surface area (Å²) in [6.07, 6.45) is 8.51. The molecule has 0 aromatic rings. The lowest BCUT2D eigenvalue weighted by atomic mass is 9.99. The molecule has 0 aromatic heterocycles. The first kappa shape index (κ1) is 11.9. The molecule has 0 aromatic carbocycles. The minimum atomic E-state index is 0.332. The van der Waals surface area contributed by atoms with E-state index in [2.05, 4.69) is 10.2 Å². The molecule has 0 bridgehead atoms. The third-order valence-corrected chi connectivity index (χ3v) is 4.11. The summed E-state index contributed by atoms with van der Waals surface area (Å²) >= 11 is 0. The Morgan fingerprint density at radius 3 is 2.38 bits per heavy atom. The van der Waals surface area contributed by atoms with Gasteiger partial charge in [0.1, 0.15) is 0 Å². The lowest BCUT2D eigenvalue weighted by molar-refractivity contribution is -0.134. The maximum Gasteiger partial charge on any atom is 0.225 e. The van der Waals surface area contributed by atoms with Gasteiger partial charge in [-0.05, 0) is 26.3 Å². The smallest absolute Gasteiger partial charge is 0.225 e. The second-order valence-electron chi connectivity index (χ2n) is 5.25. The zero-order valence-electron chi connectivity index (χ0n) is 10.4. The Morgan fingerprint density at radius 2 is 1.81 bits per heavy atom. The minimum Gasteiger partial charge on any atom is -0.341 e. The van der Waals surface area contributed by atoms with Crippen molar-refractivity contribution >= 4 is 5.91 Å². The van der Waals surface area contributed by atoms with Crippen LogP contribution in [0.1, 0.15) is 44.9 Å². The summed E-state index contributed by atoms with van der Waals surface area (Å²) in [6, 6.07) is 0.523. The Balaban J connectivity index is 1.86. The van der Waals surface area contributed by atoms with Gasteiger partial charge in [-0.25, -0.2) is 0 Å². The quantitative estimate of drug-likeness (QED) is 0.725. The highest BCUT2D eigenvalue weighted by atomic mass is 16.2. The molecule has 1 atom stereocenters. The molecule has 2 aliphatic rings. The second-order valence-corrected chi connectivity index (χ2v) is 5.25. The Labute approximate surface area is 98.6 Å². The van der Waals surface area contributed by atoms with Gasteiger partial charge in [0.15, 0.2) is 0 Å². The lowest BCUT2D eigenvalue weighted by Crippen LogP contribution is -2.37. The van der Waals surface area contributed by atoms with Crippen molar-refractivity contribution in [3.8, 4) is 0 Å². The highest BCUT2D eigenvalue weighted by Crippen LogP contribution is 2.25. The number of likely N-dealkylation sites (tertiary alicyclic amines) is 1. The first-order valence-electron chi connectivity index (χ1n) is 6.77. The fourth-order valence-electron chi connectivity index (χ4n) is 2.98. The van der Waals surface area contributed by atoms with Gasteiger partial charge in [-0.3, -0.25) is 4.79 Å². The van der Waals surface area contributed by atoms with Crippen molar-refractivity contribution in [1.29, 1.82) is 0 Å². The van der Waals surface area contributed by atoms with Crippen molar-refractivity contribution in [3.05, 3.63) is 0 Å². The van der Waals surface area contributed by atoms with Crippen LogP contribution in [0.2, 0.25) is 0 Å². The molecule has 1 aliphatic heterocycles. The fraction of sp³-hybridized carbons (Fsp3) is 0.923. The molecule has 0 spiro atoms. The van der Waals surface area contributed by atoms with Gasteiger partial charge in [0.25, 0.3) is 0 Å². The topological polar surface area (TPSA) is 32.3 Å². The van der Waals surface area contributed by atoms with Gasteiger partial charge < -0.3 is 10.2 Å².